The molecule has 1 atom stereocenters. The molecule has 0 aromatic heterocycles. The van der Waals surface area contributed by atoms with E-state index in [0.29, 0.717) is 5.92 Å². The van der Waals surface area contributed by atoms with Gasteiger partial charge >= 0.3 is 0 Å². The lowest BCUT2D eigenvalue weighted by atomic mass is 9.95. The molecule has 96 valence electrons. The van der Waals surface area contributed by atoms with Crippen molar-refractivity contribution < 1.29 is 4.79 Å². The highest BCUT2D eigenvalue weighted by Crippen LogP contribution is 2.26. The zero-order valence-corrected chi connectivity index (χ0v) is 10.8. The third-order valence-electron chi connectivity index (χ3n) is 3.67. The molecule has 1 aromatic carbocycles. The van der Waals surface area contributed by atoms with Crippen LogP contribution < -0.4 is 5.32 Å². The number of carbonyl (C=O) groups is 1. The molecule has 2 nitrogen and oxygen atoms in total. The van der Waals surface area contributed by atoms with E-state index < -0.39 is 0 Å². The van der Waals surface area contributed by atoms with E-state index in [1.54, 1.807) is 0 Å². The van der Waals surface area contributed by atoms with Gasteiger partial charge in [-0.25, -0.2) is 0 Å². The van der Waals surface area contributed by atoms with E-state index in [0.717, 1.165) is 24.9 Å². The summed E-state index contributed by atoms with van der Waals surface area (Å²) < 4.78 is 0. The topological polar surface area (TPSA) is 29.1 Å². The van der Waals surface area contributed by atoms with E-state index in [-0.39, 0.29) is 5.91 Å². The number of nitrogens with one attached hydrogen (secondary N) is 1. The minimum absolute atomic E-state index is 0.0210. The van der Waals surface area contributed by atoms with E-state index >= 15 is 0 Å². The Morgan fingerprint density at radius 2 is 2.00 bits per heavy atom. The maximum atomic E-state index is 11.9. The molecule has 1 aliphatic rings. The minimum atomic E-state index is 0.0210. The Bertz CT molecular complexity index is 410. The molecule has 1 fully saturated rings. The summed E-state index contributed by atoms with van der Waals surface area (Å²) >= 11 is 0. The van der Waals surface area contributed by atoms with Gasteiger partial charge in [-0.3, -0.25) is 4.79 Å². The van der Waals surface area contributed by atoms with Crippen molar-refractivity contribution in [3.8, 4) is 0 Å². The average molecular weight is 243 g/mol. The van der Waals surface area contributed by atoms with Crippen molar-refractivity contribution in [3.05, 3.63) is 48.0 Å². The lowest BCUT2D eigenvalue weighted by Crippen LogP contribution is -2.29. The Hall–Kier alpha value is -1.57. The number of rotatable bonds is 3. The molecule has 2 heteroatoms. The number of benzene rings is 1. The summed E-state index contributed by atoms with van der Waals surface area (Å²) in [6.07, 6.45) is 6.08. The molecule has 0 heterocycles. The molecule has 0 aliphatic heterocycles. The SMILES string of the molecule is C=C1CCCCCC1CNC(=O)c1ccccc1. The fraction of sp³-hybridized carbons (Fsp3) is 0.438. The van der Waals surface area contributed by atoms with Crippen LogP contribution in [0.25, 0.3) is 0 Å². The molecule has 1 aliphatic carbocycles. The number of carbonyl (C=O) groups excluding carboxylic acids is 1. The summed E-state index contributed by atoms with van der Waals surface area (Å²) in [4.78, 5) is 11.9. The van der Waals surface area contributed by atoms with Crippen molar-refractivity contribution in [2.24, 2.45) is 5.92 Å². The summed E-state index contributed by atoms with van der Waals surface area (Å²) in [5.74, 6) is 0.479. The zero-order chi connectivity index (χ0) is 12.8. The van der Waals surface area contributed by atoms with Crippen LogP contribution in [-0.2, 0) is 0 Å². The van der Waals surface area contributed by atoms with Crippen molar-refractivity contribution in [2.45, 2.75) is 32.1 Å². The molecular formula is C16H21NO. The highest BCUT2D eigenvalue weighted by molar-refractivity contribution is 5.94. The first-order chi connectivity index (χ1) is 8.77. The molecule has 1 aromatic rings. The summed E-state index contributed by atoms with van der Waals surface area (Å²) in [6, 6.07) is 9.39. The van der Waals surface area contributed by atoms with Gasteiger partial charge in [0.2, 0.25) is 0 Å². The van der Waals surface area contributed by atoms with Gasteiger partial charge in [-0.1, -0.05) is 43.2 Å². The predicted octanol–water partition coefficient (Wildman–Crippen LogP) is 3.55. The third-order valence-corrected chi connectivity index (χ3v) is 3.67. The van der Waals surface area contributed by atoms with Gasteiger partial charge in [-0.15, -0.1) is 0 Å². The summed E-state index contributed by atoms with van der Waals surface area (Å²) in [6.45, 7) is 4.88. The van der Waals surface area contributed by atoms with Gasteiger partial charge in [0, 0.05) is 12.1 Å². The molecule has 18 heavy (non-hydrogen) atoms. The van der Waals surface area contributed by atoms with Crippen molar-refractivity contribution in [3.63, 3.8) is 0 Å². The van der Waals surface area contributed by atoms with Crippen LogP contribution in [0.4, 0.5) is 0 Å². The Morgan fingerprint density at radius 3 is 2.78 bits per heavy atom. The maximum Gasteiger partial charge on any atom is 0.251 e. The van der Waals surface area contributed by atoms with Crippen molar-refractivity contribution in [2.75, 3.05) is 6.54 Å². The Kier molecular flexibility index (Phi) is 4.57. The van der Waals surface area contributed by atoms with Crippen LogP contribution in [0.1, 0.15) is 42.5 Å². The smallest absolute Gasteiger partial charge is 0.251 e. The van der Waals surface area contributed by atoms with Gasteiger partial charge in [-0.05, 0) is 37.3 Å². The number of hydrogen-bond acceptors (Lipinski definition) is 1. The van der Waals surface area contributed by atoms with Gasteiger partial charge in [0.25, 0.3) is 5.91 Å². The lowest BCUT2D eigenvalue weighted by molar-refractivity contribution is 0.0948. The molecule has 1 N–H and O–H groups in total. The first kappa shape index (κ1) is 12.9. The normalized spacial score (nSPS) is 20.2. The van der Waals surface area contributed by atoms with Gasteiger partial charge in [0.1, 0.15) is 0 Å². The fourth-order valence-corrected chi connectivity index (χ4v) is 2.48. The largest absolute Gasteiger partial charge is 0.351 e. The molecule has 1 saturated carbocycles. The first-order valence-corrected chi connectivity index (χ1v) is 6.78. The Balaban J connectivity index is 1.87. The quantitative estimate of drug-likeness (QED) is 0.638. The summed E-state index contributed by atoms with van der Waals surface area (Å²) in [7, 11) is 0. The van der Waals surface area contributed by atoms with Crippen LogP contribution in [0.3, 0.4) is 0 Å². The highest BCUT2D eigenvalue weighted by atomic mass is 16.1. The van der Waals surface area contributed by atoms with Crippen LogP contribution in [0, 0.1) is 5.92 Å². The zero-order valence-electron chi connectivity index (χ0n) is 10.8. The maximum absolute atomic E-state index is 11.9. The van der Waals surface area contributed by atoms with E-state index in [1.165, 1.54) is 24.8 Å². The summed E-state index contributed by atoms with van der Waals surface area (Å²) in [5, 5.41) is 3.03. The predicted molar refractivity (Wildman–Crippen MR) is 74.5 cm³/mol. The molecular weight excluding hydrogens is 222 g/mol. The minimum Gasteiger partial charge on any atom is -0.351 e. The van der Waals surface area contributed by atoms with Crippen molar-refractivity contribution >= 4 is 5.91 Å². The molecule has 0 bridgehead atoms. The highest BCUT2D eigenvalue weighted by Gasteiger charge is 2.16. The number of amides is 1. The van der Waals surface area contributed by atoms with Crippen molar-refractivity contribution in [1.82, 2.24) is 5.32 Å². The van der Waals surface area contributed by atoms with Crippen LogP contribution in [-0.4, -0.2) is 12.5 Å². The lowest BCUT2D eigenvalue weighted by Gasteiger charge is -2.17. The Morgan fingerprint density at radius 1 is 1.22 bits per heavy atom. The van der Waals surface area contributed by atoms with Gasteiger partial charge in [-0.2, -0.15) is 0 Å². The molecule has 0 radical (unpaired) electrons. The second-order valence-electron chi connectivity index (χ2n) is 5.03. The van der Waals surface area contributed by atoms with Crippen LogP contribution in [0.5, 0.6) is 0 Å². The van der Waals surface area contributed by atoms with Gasteiger partial charge in [0.15, 0.2) is 0 Å². The molecule has 1 unspecified atom stereocenters. The fourth-order valence-electron chi connectivity index (χ4n) is 2.48. The second-order valence-corrected chi connectivity index (χ2v) is 5.03. The van der Waals surface area contributed by atoms with Gasteiger partial charge < -0.3 is 5.32 Å². The van der Waals surface area contributed by atoms with E-state index in [2.05, 4.69) is 11.9 Å². The monoisotopic (exact) mass is 243 g/mol. The van der Waals surface area contributed by atoms with E-state index in [9.17, 15) is 4.79 Å². The van der Waals surface area contributed by atoms with Crippen LogP contribution >= 0.6 is 0 Å². The number of hydrogen-bond donors (Lipinski definition) is 1. The van der Waals surface area contributed by atoms with Crippen LogP contribution in [0.15, 0.2) is 42.5 Å². The molecule has 2 rings (SSSR count). The third kappa shape index (κ3) is 3.46. The molecule has 0 saturated heterocycles. The van der Waals surface area contributed by atoms with E-state index in [1.807, 2.05) is 30.3 Å². The Labute approximate surface area is 109 Å². The second kappa shape index (κ2) is 6.39. The summed E-state index contributed by atoms with van der Waals surface area (Å²) in [5.41, 5.74) is 2.04. The van der Waals surface area contributed by atoms with E-state index in [4.69, 9.17) is 0 Å². The molecule has 0 spiro atoms. The average Bonchev–Trinajstić information content (AvgIpc) is 2.62. The molecule has 1 amide bonds. The first-order valence-electron chi connectivity index (χ1n) is 6.78. The van der Waals surface area contributed by atoms with Gasteiger partial charge in [0.05, 0.1) is 0 Å². The van der Waals surface area contributed by atoms with Crippen LogP contribution in [0.2, 0.25) is 0 Å². The standard InChI is InChI=1S/C16H21NO/c1-13-8-4-2-7-11-15(13)12-17-16(18)14-9-5-3-6-10-14/h3,5-6,9-10,15H,1-2,4,7-8,11-12H2,(H,17,18). The van der Waals surface area contributed by atoms with Crippen molar-refractivity contribution in [1.29, 1.82) is 0 Å².